The van der Waals surface area contributed by atoms with Crippen LogP contribution in [0.4, 0.5) is 0 Å². The lowest BCUT2D eigenvalue weighted by atomic mass is 10.1. The summed E-state index contributed by atoms with van der Waals surface area (Å²) in [5.41, 5.74) is 10.2. The number of amides is 2. The Hall–Kier alpha value is -1.10. The zero-order valence-corrected chi connectivity index (χ0v) is 8.42. The molecule has 0 aromatic heterocycles. The molecular weight excluding hydrogens is 182 g/mol. The van der Waals surface area contributed by atoms with Gasteiger partial charge in [0.25, 0.3) is 0 Å². The zero-order chi connectivity index (χ0) is 10.8. The Morgan fingerprint density at radius 1 is 1.07 bits per heavy atom. The molecule has 0 unspecified atom stereocenters. The molecule has 5 heteroatoms. The minimum Gasteiger partial charge on any atom is -0.368 e. The van der Waals surface area contributed by atoms with Gasteiger partial charge in [-0.2, -0.15) is 0 Å². The summed E-state index contributed by atoms with van der Waals surface area (Å²) in [5, 5.41) is 2.43. The van der Waals surface area contributed by atoms with Gasteiger partial charge in [0, 0.05) is 6.42 Å². The molecule has 14 heavy (non-hydrogen) atoms. The molecule has 2 amide bonds. The Balaban J connectivity index is 3.22. The first-order valence-electron chi connectivity index (χ1n) is 4.92. The third-order valence-corrected chi connectivity index (χ3v) is 1.82. The van der Waals surface area contributed by atoms with Crippen LogP contribution in [-0.4, -0.2) is 24.9 Å². The van der Waals surface area contributed by atoms with Crippen molar-refractivity contribution in [2.24, 2.45) is 11.5 Å². The fraction of sp³-hybridized carbons (Fsp3) is 0.778. The Morgan fingerprint density at radius 2 is 1.71 bits per heavy atom. The average Bonchev–Trinajstić information content (AvgIpc) is 2.14. The van der Waals surface area contributed by atoms with Crippen molar-refractivity contribution in [1.82, 2.24) is 5.32 Å². The van der Waals surface area contributed by atoms with E-state index in [2.05, 4.69) is 5.32 Å². The van der Waals surface area contributed by atoms with Crippen LogP contribution in [0.3, 0.4) is 0 Å². The molecule has 0 spiro atoms. The molecular formula is C9H19N3O2. The minimum atomic E-state index is -0.513. The monoisotopic (exact) mass is 201 g/mol. The number of rotatable bonds is 8. The van der Waals surface area contributed by atoms with Gasteiger partial charge in [0.05, 0.1) is 6.54 Å². The third kappa shape index (κ3) is 8.99. The van der Waals surface area contributed by atoms with Gasteiger partial charge in [-0.25, -0.2) is 0 Å². The molecule has 0 aliphatic carbocycles. The van der Waals surface area contributed by atoms with Crippen molar-refractivity contribution >= 4 is 11.8 Å². The number of primary amides is 1. The van der Waals surface area contributed by atoms with Crippen LogP contribution in [0.1, 0.15) is 32.1 Å². The molecule has 0 rings (SSSR count). The van der Waals surface area contributed by atoms with Gasteiger partial charge >= 0.3 is 0 Å². The van der Waals surface area contributed by atoms with Gasteiger partial charge in [-0.15, -0.1) is 0 Å². The summed E-state index contributed by atoms with van der Waals surface area (Å²) in [6, 6.07) is 0. The van der Waals surface area contributed by atoms with E-state index in [1.54, 1.807) is 0 Å². The minimum absolute atomic E-state index is 0.0678. The highest BCUT2D eigenvalue weighted by Crippen LogP contribution is 2.01. The molecule has 0 aliphatic heterocycles. The van der Waals surface area contributed by atoms with Gasteiger partial charge in [-0.1, -0.05) is 12.8 Å². The van der Waals surface area contributed by atoms with E-state index in [9.17, 15) is 9.59 Å². The summed E-state index contributed by atoms with van der Waals surface area (Å²) in [7, 11) is 0. The number of nitrogens with one attached hydrogen (secondary N) is 1. The quantitative estimate of drug-likeness (QED) is 0.461. The molecule has 0 aliphatic rings. The van der Waals surface area contributed by atoms with E-state index in [0.717, 1.165) is 25.7 Å². The van der Waals surface area contributed by atoms with Crippen LogP contribution in [0.5, 0.6) is 0 Å². The summed E-state index contributed by atoms with van der Waals surface area (Å²) in [6.07, 6.45) is 4.35. The van der Waals surface area contributed by atoms with Crippen LogP contribution in [0.2, 0.25) is 0 Å². The van der Waals surface area contributed by atoms with Crippen LogP contribution in [0, 0.1) is 0 Å². The summed E-state index contributed by atoms with van der Waals surface area (Å²) in [6.45, 7) is 0.634. The Kier molecular flexibility index (Phi) is 7.83. The van der Waals surface area contributed by atoms with Gasteiger partial charge in [0.1, 0.15) is 0 Å². The lowest BCUT2D eigenvalue weighted by Crippen LogP contribution is -2.33. The van der Waals surface area contributed by atoms with E-state index in [0.29, 0.717) is 13.0 Å². The highest BCUT2D eigenvalue weighted by atomic mass is 16.2. The lowest BCUT2D eigenvalue weighted by molar-refractivity contribution is -0.124. The highest BCUT2D eigenvalue weighted by Gasteiger charge is 2.01. The van der Waals surface area contributed by atoms with Crippen molar-refractivity contribution in [2.75, 3.05) is 13.1 Å². The van der Waals surface area contributed by atoms with E-state index in [1.165, 1.54) is 0 Å². The van der Waals surface area contributed by atoms with E-state index in [1.807, 2.05) is 0 Å². The van der Waals surface area contributed by atoms with Gasteiger partial charge in [0.2, 0.25) is 11.8 Å². The zero-order valence-electron chi connectivity index (χ0n) is 8.42. The topological polar surface area (TPSA) is 98.2 Å². The smallest absolute Gasteiger partial charge is 0.236 e. The molecule has 5 nitrogen and oxygen atoms in total. The van der Waals surface area contributed by atoms with Crippen LogP contribution in [-0.2, 0) is 9.59 Å². The van der Waals surface area contributed by atoms with Crippen molar-refractivity contribution < 1.29 is 9.59 Å². The van der Waals surface area contributed by atoms with Crippen LogP contribution in [0.25, 0.3) is 0 Å². The standard InChI is InChI=1S/C9H19N3O2/c10-6-4-2-1-3-5-9(14)12-7-8(11)13/h1-7,10H2,(H2,11,13)(H,12,14). The third-order valence-electron chi connectivity index (χ3n) is 1.82. The van der Waals surface area contributed by atoms with Crippen LogP contribution in [0.15, 0.2) is 0 Å². The molecule has 0 bridgehead atoms. The van der Waals surface area contributed by atoms with Gasteiger partial charge in [-0.3, -0.25) is 9.59 Å². The van der Waals surface area contributed by atoms with Gasteiger partial charge in [0.15, 0.2) is 0 Å². The summed E-state index contributed by atoms with van der Waals surface area (Å²) < 4.78 is 0. The molecule has 5 N–H and O–H groups in total. The van der Waals surface area contributed by atoms with Crippen LogP contribution >= 0.6 is 0 Å². The molecule has 0 saturated carbocycles. The Labute approximate surface area is 84.2 Å². The molecule has 0 saturated heterocycles. The second-order valence-electron chi connectivity index (χ2n) is 3.20. The SMILES string of the molecule is NCCCCCCC(=O)NCC(N)=O. The van der Waals surface area contributed by atoms with Crippen molar-refractivity contribution in [3.8, 4) is 0 Å². The molecule has 0 fully saturated rings. The number of unbranched alkanes of at least 4 members (excludes halogenated alkanes) is 3. The summed E-state index contributed by atoms with van der Waals surface area (Å²) >= 11 is 0. The second kappa shape index (κ2) is 8.50. The van der Waals surface area contributed by atoms with Crippen molar-refractivity contribution in [3.63, 3.8) is 0 Å². The average molecular weight is 201 g/mol. The highest BCUT2D eigenvalue weighted by molar-refractivity contribution is 5.83. The number of nitrogens with two attached hydrogens (primary N) is 2. The Bertz CT molecular complexity index is 183. The first kappa shape index (κ1) is 12.9. The summed E-state index contributed by atoms with van der Waals surface area (Å²) in [5.74, 6) is -0.627. The summed E-state index contributed by atoms with van der Waals surface area (Å²) in [4.78, 5) is 21.3. The first-order chi connectivity index (χ1) is 6.66. The normalized spacial score (nSPS) is 9.79. The predicted molar refractivity (Wildman–Crippen MR) is 54.3 cm³/mol. The number of carbonyl (C=O) groups is 2. The van der Waals surface area contributed by atoms with Crippen LogP contribution < -0.4 is 16.8 Å². The van der Waals surface area contributed by atoms with Crippen molar-refractivity contribution in [1.29, 1.82) is 0 Å². The van der Waals surface area contributed by atoms with E-state index < -0.39 is 5.91 Å². The van der Waals surface area contributed by atoms with E-state index >= 15 is 0 Å². The largest absolute Gasteiger partial charge is 0.368 e. The van der Waals surface area contributed by atoms with Gasteiger partial charge in [-0.05, 0) is 19.4 Å². The maximum Gasteiger partial charge on any atom is 0.236 e. The van der Waals surface area contributed by atoms with Gasteiger partial charge < -0.3 is 16.8 Å². The molecule has 0 aromatic carbocycles. The van der Waals surface area contributed by atoms with E-state index in [4.69, 9.17) is 11.5 Å². The lowest BCUT2D eigenvalue weighted by Gasteiger charge is -2.02. The first-order valence-corrected chi connectivity index (χ1v) is 4.92. The fourth-order valence-electron chi connectivity index (χ4n) is 1.06. The molecule has 0 aromatic rings. The van der Waals surface area contributed by atoms with Crippen molar-refractivity contribution in [2.45, 2.75) is 32.1 Å². The number of hydrogen-bond acceptors (Lipinski definition) is 3. The maximum absolute atomic E-state index is 11.0. The molecule has 0 atom stereocenters. The number of hydrogen-bond donors (Lipinski definition) is 3. The number of carbonyl (C=O) groups excluding carboxylic acids is 2. The van der Waals surface area contributed by atoms with Crippen molar-refractivity contribution in [3.05, 3.63) is 0 Å². The maximum atomic E-state index is 11.0. The molecule has 0 radical (unpaired) electrons. The van der Waals surface area contributed by atoms with E-state index in [-0.39, 0.29) is 12.5 Å². The molecule has 82 valence electrons. The Morgan fingerprint density at radius 3 is 2.29 bits per heavy atom. The second-order valence-corrected chi connectivity index (χ2v) is 3.20. The molecule has 0 heterocycles. The fourth-order valence-corrected chi connectivity index (χ4v) is 1.06. The predicted octanol–water partition coefficient (Wildman–Crippen LogP) is -0.503.